The summed E-state index contributed by atoms with van der Waals surface area (Å²) in [6.07, 6.45) is 2.05. The van der Waals surface area contributed by atoms with Crippen LogP contribution in [0.5, 0.6) is 0 Å². The number of hydrogen-bond donors (Lipinski definition) is 2. The topological polar surface area (TPSA) is 54.0 Å². The molecule has 0 atom stereocenters. The standard InChI is InChI=1S/C14H25N3OS/c1-5-6-15-7-8-16-14(18)13-11(4)17-12(19-13)9-10(2)3/h10,15H,5-9H2,1-4H3,(H,16,18). The van der Waals surface area contributed by atoms with Gasteiger partial charge < -0.3 is 10.6 Å². The highest BCUT2D eigenvalue weighted by Crippen LogP contribution is 2.20. The highest BCUT2D eigenvalue weighted by molar-refractivity contribution is 7.13. The third-order valence-electron chi connectivity index (χ3n) is 2.64. The molecule has 5 heteroatoms. The van der Waals surface area contributed by atoms with Gasteiger partial charge in [0.2, 0.25) is 0 Å². The molecule has 0 aromatic carbocycles. The summed E-state index contributed by atoms with van der Waals surface area (Å²) in [4.78, 5) is 17.3. The van der Waals surface area contributed by atoms with Crippen LogP contribution in [0.25, 0.3) is 0 Å². The number of nitrogens with zero attached hydrogens (tertiary/aromatic N) is 1. The van der Waals surface area contributed by atoms with Gasteiger partial charge in [0, 0.05) is 19.5 Å². The van der Waals surface area contributed by atoms with Crippen LogP contribution in [0.15, 0.2) is 0 Å². The lowest BCUT2D eigenvalue weighted by molar-refractivity contribution is 0.0957. The predicted octanol–water partition coefficient (Wildman–Crippen LogP) is 2.38. The number of aromatic nitrogens is 1. The quantitative estimate of drug-likeness (QED) is 0.720. The summed E-state index contributed by atoms with van der Waals surface area (Å²) in [6.45, 7) is 10.8. The van der Waals surface area contributed by atoms with Crippen molar-refractivity contribution in [1.29, 1.82) is 0 Å². The van der Waals surface area contributed by atoms with Gasteiger partial charge in [0.1, 0.15) is 4.88 Å². The van der Waals surface area contributed by atoms with Gasteiger partial charge in [-0.3, -0.25) is 4.79 Å². The molecule has 0 unspecified atom stereocenters. The molecule has 1 rings (SSSR count). The molecule has 1 aromatic heterocycles. The smallest absolute Gasteiger partial charge is 0.263 e. The summed E-state index contributed by atoms with van der Waals surface area (Å²) < 4.78 is 0. The van der Waals surface area contributed by atoms with E-state index in [1.807, 2.05) is 6.92 Å². The van der Waals surface area contributed by atoms with E-state index in [1.54, 1.807) is 0 Å². The maximum absolute atomic E-state index is 12.0. The first-order chi connectivity index (χ1) is 9.04. The largest absolute Gasteiger partial charge is 0.350 e. The number of carbonyl (C=O) groups excluding carboxylic acids is 1. The van der Waals surface area contributed by atoms with E-state index < -0.39 is 0 Å². The van der Waals surface area contributed by atoms with Gasteiger partial charge in [0.25, 0.3) is 5.91 Å². The Hall–Kier alpha value is -0.940. The second kappa shape index (κ2) is 8.27. The second-order valence-electron chi connectivity index (χ2n) is 5.13. The molecular weight excluding hydrogens is 258 g/mol. The van der Waals surface area contributed by atoms with Crippen LogP contribution in [0.2, 0.25) is 0 Å². The molecule has 0 saturated heterocycles. The van der Waals surface area contributed by atoms with Crippen LogP contribution < -0.4 is 10.6 Å². The zero-order valence-electron chi connectivity index (χ0n) is 12.4. The normalized spacial score (nSPS) is 11.0. The molecule has 1 aromatic rings. The van der Waals surface area contributed by atoms with Crippen molar-refractivity contribution in [3.63, 3.8) is 0 Å². The zero-order chi connectivity index (χ0) is 14.3. The van der Waals surface area contributed by atoms with Gasteiger partial charge in [-0.05, 0) is 25.8 Å². The Morgan fingerprint density at radius 2 is 2.05 bits per heavy atom. The SMILES string of the molecule is CCCNCCNC(=O)c1sc(CC(C)C)nc1C. The number of aryl methyl sites for hydroxylation is 1. The third-order valence-corrected chi connectivity index (χ3v) is 3.82. The number of hydrogen-bond acceptors (Lipinski definition) is 4. The summed E-state index contributed by atoms with van der Waals surface area (Å²) in [5, 5.41) is 7.25. The predicted molar refractivity (Wildman–Crippen MR) is 80.9 cm³/mol. The third kappa shape index (κ3) is 5.70. The highest BCUT2D eigenvalue weighted by atomic mass is 32.1. The summed E-state index contributed by atoms with van der Waals surface area (Å²) in [6, 6.07) is 0. The van der Waals surface area contributed by atoms with E-state index in [4.69, 9.17) is 0 Å². The van der Waals surface area contributed by atoms with E-state index in [0.29, 0.717) is 12.5 Å². The van der Waals surface area contributed by atoms with Crippen molar-refractivity contribution < 1.29 is 4.79 Å². The first-order valence-electron chi connectivity index (χ1n) is 6.99. The lowest BCUT2D eigenvalue weighted by Crippen LogP contribution is -2.32. The van der Waals surface area contributed by atoms with Gasteiger partial charge in [-0.25, -0.2) is 4.98 Å². The maximum atomic E-state index is 12.0. The monoisotopic (exact) mass is 283 g/mol. The van der Waals surface area contributed by atoms with Crippen LogP contribution in [-0.2, 0) is 6.42 Å². The number of nitrogens with one attached hydrogen (secondary N) is 2. The van der Waals surface area contributed by atoms with Gasteiger partial charge in [0.15, 0.2) is 0 Å². The lowest BCUT2D eigenvalue weighted by atomic mass is 10.1. The van der Waals surface area contributed by atoms with E-state index in [9.17, 15) is 4.79 Å². The molecule has 0 fully saturated rings. The summed E-state index contributed by atoms with van der Waals surface area (Å²) in [5.41, 5.74) is 0.847. The molecule has 0 spiro atoms. The van der Waals surface area contributed by atoms with Crippen molar-refractivity contribution in [2.24, 2.45) is 5.92 Å². The van der Waals surface area contributed by atoms with Crippen LogP contribution in [0, 0.1) is 12.8 Å². The fourth-order valence-corrected chi connectivity index (χ4v) is 2.94. The van der Waals surface area contributed by atoms with Crippen molar-refractivity contribution in [1.82, 2.24) is 15.6 Å². The summed E-state index contributed by atoms with van der Waals surface area (Å²) >= 11 is 1.52. The Morgan fingerprint density at radius 1 is 1.32 bits per heavy atom. The first kappa shape index (κ1) is 16.1. The van der Waals surface area contributed by atoms with Crippen molar-refractivity contribution in [3.8, 4) is 0 Å². The molecule has 0 aliphatic heterocycles. The average Bonchev–Trinajstić information content (AvgIpc) is 2.68. The lowest BCUT2D eigenvalue weighted by Gasteiger charge is -2.04. The Labute approximate surface area is 120 Å². The molecule has 0 radical (unpaired) electrons. The highest BCUT2D eigenvalue weighted by Gasteiger charge is 2.15. The van der Waals surface area contributed by atoms with Gasteiger partial charge in [-0.1, -0.05) is 20.8 Å². The fraction of sp³-hybridized carbons (Fsp3) is 0.714. The molecule has 108 valence electrons. The minimum atomic E-state index is 0.00306. The van der Waals surface area contributed by atoms with E-state index in [0.717, 1.165) is 41.5 Å². The number of carbonyl (C=O) groups is 1. The van der Waals surface area contributed by atoms with Crippen LogP contribution >= 0.6 is 11.3 Å². The van der Waals surface area contributed by atoms with Crippen molar-refractivity contribution in [3.05, 3.63) is 15.6 Å². The van der Waals surface area contributed by atoms with Crippen LogP contribution in [0.4, 0.5) is 0 Å². The van der Waals surface area contributed by atoms with Crippen molar-refractivity contribution >= 4 is 17.2 Å². The molecule has 2 N–H and O–H groups in total. The molecule has 19 heavy (non-hydrogen) atoms. The second-order valence-corrected chi connectivity index (χ2v) is 6.21. The van der Waals surface area contributed by atoms with Gasteiger partial charge in [0.05, 0.1) is 10.7 Å². The van der Waals surface area contributed by atoms with E-state index in [1.165, 1.54) is 11.3 Å². The Bertz CT molecular complexity index is 401. The van der Waals surface area contributed by atoms with E-state index in [-0.39, 0.29) is 5.91 Å². The van der Waals surface area contributed by atoms with E-state index in [2.05, 4.69) is 36.4 Å². The molecule has 0 saturated carbocycles. The van der Waals surface area contributed by atoms with Gasteiger partial charge in [-0.15, -0.1) is 11.3 Å². The Morgan fingerprint density at radius 3 is 2.68 bits per heavy atom. The zero-order valence-corrected chi connectivity index (χ0v) is 13.2. The van der Waals surface area contributed by atoms with Crippen LogP contribution in [-0.4, -0.2) is 30.5 Å². The Kier molecular flexibility index (Phi) is 7.02. The molecule has 4 nitrogen and oxygen atoms in total. The van der Waals surface area contributed by atoms with Gasteiger partial charge in [-0.2, -0.15) is 0 Å². The maximum Gasteiger partial charge on any atom is 0.263 e. The van der Waals surface area contributed by atoms with E-state index >= 15 is 0 Å². The molecular formula is C14H25N3OS. The summed E-state index contributed by atoms with van der Waals surface area (Å²) in [7, 11) is 0. The number of amides is 1. The average molecular weight is 283 g/mol. The molecule has 1 heterocycles. The Balaban J connectivity index is 2.45. The van der Waals surface area contributed by atoms with Crippen LogP contribution in [0.3, 0.4) is 0 Å². The number of thiazole rings is 1. The number of rotatable bonds is 8. The van der Waals surface area contributed by atoms with Crippen LogP contribution in [0.1, 0.15) is 47.6 Å². The molecule has 1 amide bonds. The first-order valence-corrected chi connectivity index (χ1v) is 7.81. The van der Waals surface area contributed by atoms with Gasteiger partial charge >= 0.3 is 0 Å². The minimum absolute atomic E-state index is 0.00306. The summed E-state index contributed by atoms with van der Waals surface area (Å²) in [5.74, 6) is 0.572. The molecule has 0 aliphatic rings. The van der Waals surface area contributed by atoms with Crippen molar-refractivity contribution in [2.75, 3.05) is 19.6 Å². The molecule has 0 aliphatic carbocycles. The van der Waals surface area contributed by atoms with Crippen molar-refractivity contribution in [2.45, 2.75) is 40.5 Å². The fourth-order valence-electron chi connectivity index (χ4n) is 1.75. The molecule has 0 bridgehead atoms. The minimum Gasteiger partial charge on any atom is -0.350 e.